The molecule has 1 saturated carbocycles. The van der Waals surface area contributed by atoms with Gasteiger partial charge in [-0.1, -0.05) is 38.0 Å². The molecule has 3 aromatic rings. The number of nitrogens with one attached hydrogen (secondary N) is 1. The third-order valence-corrected chi connectivity index (χ3v) is 6.08. The van der Waals surface area contributed by atoms with Gasteiger partial charge in [0.15, 0.2) is 5.76 Å². The third kappa shape index (κ3) is 5.49. The number of tetrazole rings is 1. The van der Waals surface area contributed by atoms with E-state index in [1.807, 2.05) is 6.92 Å². The molecule has 0 radical (unpaired) electrons. The van der Waals surface area contributed by atoms with E-state index in [4.69, 9.17) is 4.42 Å². The molecule has 34 heavy (non-hydrogen) atoms. The quantitative estimate of drug-likeness (QED) is 0.517. The summed E-state index contributed by atoms with van der Waals surface area (Å²) in [5, 5.41) is 15.2. The summed E-state index contributed by atoms with van der Waals surface area (Å²) in [6.07, 6.45) is 4.41. The Labute approximate surface area is 197 Å². The first-order chi connectivity index (χ1) is 16.4. The van der Waals surface area contributed by atoms with E-state index in [0.29, 0.717) is 23.5 Å². The van der Waals surface area contributed by atoms with Crippen LogP contribution in [0.25, 0.3) is 11.6 Å². The van der Waals surface area contributed by atoms with Gasteiger partial charge in [0.25, 0.3) is 0 Å². The molecule has 10 heteroatoms. The van der Waals surface area contributed by atoms with Gasteiger partial charge in [-0.25, -0.2) is 4.39 Å². The second-order valence-electron chi connectivity index (χ2n) is 8.58. The Morgan fingerprint density at radius 1 is 1.24 bits per heavy atom. The maximum Gasteiger partial charge on any atom is 0.247 e. The van der Waals surface area contributed by atoms with Gasteiger partial charge in [0.1, 0.15) is 24.2 Å². The Morgan fingerprint density at radius 2 is 2.00 bits per heavy atom. The van der Waals surface area contributed by atoms with Gasteiger partial charge in [-0.2, -0.15) is 4.80 Å². The first-order valence-electron chi connectivity index (χ1n) is 11.6. The minimum atomic E-state index is -0.747. The van der Waals surface area contributed by atoms with Crippen molar-refractivity contribution in [1.29, 1.82) is 0 Å². The fraction of sp³-hybridized carbons (Fsp3) is 0.458. The minimum Gasteiger partial charge on any atom is -0.458 e. The van der Waals surface area contributed by atoms with Crippen molar-refractivity contribution in [3.8, 4) is 11.6 Å². The van der Waals surface area contributed by atoms with E-state index in [0.717, 1.165) is 30.5 Å². The molecule has 1 aliphatic rings. The Bertz CT molecular complexity index is 1140. The number of amides is 2. The number of nitrogens with zero attached hydrogens (tertiary/aromatic N) is 5. The van der Waals surface area contributed by atoms with E-state index in [1.165, 1.54) is 11.0 Å². The van der Waals surface area contributed by atoms with Crippen LogP contribution >= 0.6 is 0 Å². The number of carbonyl (C=O) groups is 2. The van der Waals surface area contributed by atoms with Crippen molar-refractivity contribution in [2.45, 2.75) is 71.1 Å². The summed E-state index contributed by atoms with van der Waals surface area (Å²) in [6, 6.07) is 9.13. The lowest BCUT2D eigenvalue weighted by Crippen LogP contribution is -2.51. The summed E-state index contributed by atoms with van der Waals surface area (Å²) >= 11 is 0. The highest BCUT2D eigenvalue weighted by Crippen LogP contribution is 2.20. The molecule has 4 rings (SSSR count). The molecular formula is C24H29FN6O3. The van der Waals surface area contributed by atoms with Gasteiger partial charge in [-0.3, -0.25) is 9.59 Å². The molecule has 2 heterocycles. The molecule has 180 valence electrons. The number of benzene rings is 1. The summed E-state index contributed by atoms with van der Waals surface area (Å²) in [6.45, 7) is 3.36. The number of carbonyl (C=O) groups excluding carboxylic acids is 2. The Kier molecular flexibility index (Phi) is 7.34. The molecule has 1 aliphatic carbocycles. The summed E-state index contributed by atoms with van der Waals surface area (Å²) < 4.78 is 20.0. The van der Waals surface area contributed by atoms with Gasteiger partial charge in [0.05, 0.1) is 0 Å². The summed E-state index contributed by atoms with van der Waals surface area (Å²) in [5.74, 6) is 0.348. The maximum atomic E-state index is 14.4. The zero-order valence-corrected chi connectivity index (χ0v) is 19.4. The first kappa shape index (κ1) is 23.6. The van der Waals surface area contributed by atoms with Crippen LogP contribution in [0, 0.1) is 12.7 Å². The minimum absolute atomic E-state index is 0.0406. The SMILES string of the molecule is CCC(C(=O)NC1CCCC1)N(Cc1ccccc1F)C(=O)Cn1nnc(-c2ccc(C)o2)n1. The number of halogens is 1. The van der Waals surface area contributed by atoms with Gasteiger partial charge in [0.2, 0.25) is 17.6 Å². The highest BCUT2D eigenvalue weighted by atomic mass is 19.1. The Morgan fingerprint density at radius 3 is 2.68 bits per heavy atom. The Hall–Kier alpha value is -3.56. The summed E-state index contributed by atoms with van der Waals surface area (Å²) in [7, 11) is 0. The van der Waals surface area contributed by atoms with Crippen molar-refractivity contribution >= 4 is 11.8 Å². The second kappa shape index (κ2) is 10.6. The van der Waals surface area contributed by atoms with E-state index in [9.17, 15) is 14.0 Å². The molecule has 1 fully saturated rings. The monoisotopic (exact) mass is 468 g/mol. The third-order valence-electron chi connectivity index (χ3n) is 6.08. The van der Waals surface area contributed by atoms with Gasteiger partial charge < -0.3 is 14.6 Å². The normalized spacial score (nSPS) is 14.8. The molecule has 0 bridgehead atoms. The van der Waals surface area contributed by atoms with Crippen molar-refractivity contribution in [3.05, 3.63) is 53.5 Å². The molecule has 0 aliphatic heterocycles. The van der Waals surface area contributed by atoms with Crippen LogP contribution in [-0.2, 0) is 22.7 Å². The fourth-order valence-electron chi connectivity index (χ4n) is 4.27. The zero-order chi connectivity index (χ0) is 24.1. The summed E-state index contributed by atoms with van der Waals surface area (Å²) in [5.41, 5.74) is 0.335. The van der Waals surface area contributed by atoms with Gasteiger partial charge in [-0.05, 0) is 49.6 Å². The molecule has 2 aromatic heterocycles. The number of hydrogen-bond donors (Lipinski definition) is 1. The van der Waals surface area contributed by atoms with Crippen LogP contribution in [0.4, 0.5) is 4.39 Å². The van der Waals surface area contributed by atoms with Crippen molar-refractivity contribution < 1.29 is 18.4 Å². The average Bonchev–Trinajstić information content (AvgIpc) is 3.57. The lowest BCUT2D eigenvalue weighted by molar-refractivity contribution is -0.142. The number of rotatable bonds is 9. The molecule has 1 aromatic carbocycles. The second-order valence-corrected chi connectivity index (χ2v) is 8.58. The van der Waals surface area contributed by atoms with Crippen LogP contribution < -0.4 is 5.32 Å². The number of hydrogen-bond acceptors (Lipinski definition) is 6. The van der Waals surface area contributed by atoms with Gasteiger partial charge >= 0.3 is 0 Å². The number of aromatic nitrogens is 4. The van der Waals surface area contributed by atoms with Crippen LogP contribution in [0.15, 0.2) is 40.8 Å². The highest BCUT2D eigenvalue weighted by Gasteiger charge is 2.31. The average molecular weight is 469 g/mol. The predicted octanol–water partition coefficient (Wildman–Crippen LogP) is 3.25. The Balaban J connectivity index is 1.54. The molecular weight excluding hydrogens is 439 g/mol. The fourth-order valence-corrected chi connectivity index (χ4v) is 4.27. The van der Waals surface area contributed by atoms with Crippen LogP contribution in [0.5, 0.6) is 0 Å². The van der Waals surface area contributed by atoms with Crippen LogP contribution in [-0.4, -0.2) is 49.0 Å². The smallest absolute Gasteiger partial charge is 0.247 e. The topological polar surface area (TPSA) is 106 Å². The molecule has 0 spiro atoms. The number of furan rings is 1. The standard InChI is InChI=1S/C24H29FN6O3/c1-3-20(24(33)26-18-9-5-6-10-18)30(14-17-8-4-7-11-19(17)25)22(32)15-31-28-23(27-29-31)21-13-12-16(2)34-21/h4,7-8,11-13,18,20H,3,5-6,9-10,14-15H2,1-2H3,(H,26,33). The van der Waals surface area contributed by atoms with Crippen LogP contribution in [0.3, 0.4) is 0 Å². The van der Waals surface area contributed by atoms with E-state index in [2.05, 4.69) is 20.7 Å². The summed E-state index contributed by atoms with van der Waals surface area (Å²) in [4.78, 5) is 29.1. The van der Waals surface area contributed by atoms with E-state index >= 15 is 0 Å². The van der Waals surface area contributed by atoms with Crippen molar-refractivity contribution in [1.82, 2.24) is 30.4 Å². The van der Waals surface area contributed by atoms with E-state index in [-0.39, 0.29) is 30.9 Å². The largest absolute Gasteiger partial charge is 0.458 e. The molecule has 1 atom stereocenters. The highest BCUT2D eigenvalue weighted by molar-refractivity contribution is 5.87. The van der Waals surface area contributed by atoms with Crippen molar-refractivity contribution in [2.75, 3.05) is 0 Å². The molecule has 1 unspecified atom stereocenters. The predicted molar refractivity (Wildman–Crippen MR) is 122 cm³/mol. The van der Waals surface area contributed by atoms with Crippen molar-refractivity contribution in [3.63, 3.8) is 0 Å². The van der Waals surface area contributed by atoms with Gasteiger partial charge in [0, 0.05) is 18.2 Å². The molecule has 9 nitrogen and oxygen atoms in total. The number of aryl methyl sites for hydroxylation is 1. The molecule has 2 amide bonds. The lowest BCUT2D eigenvalue weighted by atomic mass is 10.1. The molecule has 0 saturated heterocycles. The lowest BCUT2D eigenvalue weighted by Gasteiger charge is -2.31. The molecule has 1 N–H and O–H groups in total. The van der Waals surface area contributed by atoms with E-state index < -0.39 is 17.8 Å². The van der Waals surface area contributed by atoms with Crippen LogP contribution in [0.1, 0.15) is 50.4 Å². The van der Waals surface area contributed by atoms with Crippen molar-refractivity contribution in [2.24, 2.45) is 0 Å². The van der Waals surface area contributed by atoms with Gasteiger partial charge in [-0.15, -0.1) is 10.2 Å². The van der Waals surface area contributed by atoms with E-state index in [1.54, 1.807) is 37.3 Å². The zero-order valence-electron chi connectivity index (χ0n) is 19.4. The maximum absolute atomic E-state index is 14.4. The first-order valence-corrected chi connectivity index (χ1v) is 11.6. The van der Waals surface area contributed by atoms with Crippen LogP contribution in [0.2, 0.25) is 0 Å².